The fourth-order valence-corrected chi connectivity index (χ4v) is 2.26. The molecule has 2 rings (SSSR count). The summed E-state index contributed by atoms with van der Waals surface area (Å²) in [5, 5.41) is 7.80. The van der Waals surface area contributed by atoms with Crippen molar-refractivity contribution in [2.24, 2.45) is 0 Å². The van der Waals surface area contributed by atoms with Crippen molar-refractivity contribution in [2.75, 3.05) is 20.2 Å². The zero-order valence-electron chi connectivity index (χ0n) is 14.4. The second-order valence-corrected chi connectivity index (χ2v) is 5.53. The SMILES string of the molecule is CNC(=O)NC(=O)[C@@H](NCCOc1ccc(C)cc1)c1ccccc1. The first kappa shape index (κ1) is 18.5. The Hall–Kier alpha value is -2.86. The molecule has 0 bridgehead atoms. The lowest BCUT2D eigenvalue weighted by molar-refractivity contribution is -0.122. The van der Waals surface area contributed by atoms with Gasteiger partial charge in [-0.05, 0) is 24.6 Å². The maximum absolute atomic E-state index is 12.3. The van der Waals surface area contributed by atoms with Crippen LogP contribution in [0.1, 0.15) is 17.2 Å². The summed E-state index contributed by atoms with van der Waals surface area (Å²) in [6.07, 6.45) is 0. The lowest BCUT2D eigenvalue weighted by atomic mass is 10.1. The summed E-state index contributed by atoms with van der Waals surface area (Å²) in [7, 11) is 1.46. The van der Waals surface area contributed by atoms with E-state index < -0.39 is 18.0 Å². The molecule has 0 heterocycles. The summed E-state index contributed by atoms with van der Waals surface area (Å²) in [4.78, 5) is 23.7. The first-order valence-corrected chi connectivity index (χ1v) is 8.10. The molecule has 0 aliphatic rings. The predicted molar refractivity (Wildman–Crippen MR) is 96.5 cm³/mol. The van der Waals surface area contributed by atoms with Crippen molar-refractivity contribution in [1.82, 2.24) is 16.0 Å². The number of benzene rings is 2. The Morgan fingerprint density at radius 2 is 1.72 bits per heavy atom. The van der Waals surface area contributed by atoms with E-state index in [0.29, 0.717) is 13.2 Å². The lowest BCUT2D eigenvalue weighted by Gasteiger charge is -2.18. The first-order valence-electron chi connectivity index (χ1n) is 8.10. The number of aryl methyl sites for hydroxylation is 1. The van der Waals surface area contributed by atoms with E-state index >= 15 is 0 Å². The summed E-state index contributed by atoms with van der Waals surface area (Å²) in [5.74, 6) is 0.361. The van der Waals surface area contributed by atoms with Crippen molar-refractivity contribution >= 4 is 11.9 Å². The fourth-order valence-electron chi connectivity index (χ4n) is 2.26. The Morgan fingerprint density at radius 1 is 1.04 bits per heavy atom. The third kappa shape index (κ3) is 5.93. The van der Waals surface area contributed by atoms with Crippen LogP contribution in [-0.2, 0) is 4.79 Å². The van der Waals surface area contributed by atoms with Gasteiger partial charge in [0.25, 0.3) is 0 Å². The standard InChI is InChI=1S/C19H23N3O3/c1-14-8-10-16(11-9-14)25-13-12-21-17(15-6-4-3-5-7-15)18(23)22-19(24)20-2/h3-11,17,21H,12-13H2,1-2H3,(H2,20,22,23,24)/t17-/m0/s1. The highest BCUT2D eigenvalue weighted by molar-refractivity contribution is 5.97. The van der Waals surface area contributed by atoms with Gasteiger partial charge in [0.1, 0.15) is 18.4 Å². The highest BCUT2D eigenvalue weighted by Gasteiger charge is 2.21. The number of amides is 3. The van der Waals surface area contributed by atoms with Gasteiger partial charge in [-0.15, -0.1) is 0 Å². The van der Waals surface area contributed by atoms with E-state index in [4.69, 9.17) is 4.74 Å². The number of rotatable bonds is 7. The number of imide groups is 1. The van der Waals surface area contributed by atoms with Gasteiger partial charge in [0, 0.05) is 13.6 Å². The summed E-state index contributed by atoms with van der Waals surface area (Å²) in [5.41, 5.74) is 1.94. The van der Waals surface area contributed by atoms with Gasteiger partial charge in [-0.1, -0.05) is 48.0 Å². The molecule has 0 radical (unpaired) electrons. The second kappa shape index (κ2) is 9.44. The number of hydrogen-bond acceptors (Lipinski definition) is 4. The Bertz CT molecular complexity index is 687. The van der Waals surface area contributed by atoms with E-state index in [9.17, 15) is 9.59 Å². The van der Waals surface area contributed by atoms with Crippen molar-refractivity contribution in [3.05, 3.63) is 65.7 Å². The highest BCUT2D eigenvalue weighted by Crippen LogP contribution is 2.13. The van der Waals surface area contributed by atoms with Crippen LogP contribution in [0.15, 0.2) is 54.6 Å². The number of nitrogens with one attached hydrogen (secondary N) is 3. The molecule has 0 aliphatic carbocycles. The molecule has 6 heteroatoms. The van der Waals surface area contributed by atoms with Crippen molar-refractivity contribution < 1.29 is 14.3 Å². The molecule has 0 aromatic heterocycles. The molecule has 25 heavy (non-hydrogen) atoms. The molecule has 0 aliphatic heterocycles. The molecular weight excluding hydrogens is 318 g/mol. The van der Waals surface area contributed by atoms with E-state index in [1.54, 1.807) is 0 Å². The molecule has 0 fully saturated rings. The van der Waals surface area contributed by atoms with Gasteiger partial charge in [0.05, 0.1) is 0 Å². The topological polar surface area (TPSA) is 79.5 Å². The van der Waals surface area contributed by atoms with Gasteiger partial charge >= 0.3 is 6.03 Å². The van der Waals surface area contributed by atoms with E-state index in [-0.39, 0.29) is 0 Å². The summed E-state index contributed by atoms with van der Waals surface area (Å²) in [6.45, 7) is 2.87. The summed E-state index contributed by atoms with van der Waals surface area (Å²) >= 11 is 0. The Kier molecular flexibility index (Phi) is 6.98. The van der Waals surface area contributed by atoms with Crippen LogP contribution in [0.25, 0.3) is 0 Å². The van der Waals surface area contributed by atoms with Crippen LogP contribution in [0, 0.1) is 6.92 Å². The van der Waals surface area contributed by atoms with Gasteiger partial charge in [-0.25, -0.2) is 4.79 Å². The molecule has 0 spiro atoms. The molecule has 3 N–H and O–H groups in total. The van der Waals surface area contributed by atoms with Gasteiger partial charge in [0.15, 0.2) is 0 Å². The van der Waals surface area contributed by atoms with E-state index in [2.05, 4.69) is 16.0 Å². The van der Waals surface area contributed by atoms with E-state index in [1.807, 2.05) is 61.5 Å². The monoisotopic (exact) mass is 341 g/mol. The highest BCUT2D eigenvalue weighted by atomic mass is 16.5. The number of hydrogen-bond donors (Lipinski definition) is 3. The van der Waals surface area contributed by atoms with Crippen molar-refractivity contribution in [3.63, 3.8) is 0 Å². The molecule has 0 unspecified atom stereocenters. The van der Waals surface area contributed by atoms with Gasteiger partial charge in [-0.2, -0.15) is 0 Å². The number of carbonyl (C=O) groups excluding carboxylic acids is 2. The summed E-state index contributed by atoms with van der Waals surface area (Å²) in [6, 6.07) is 15.8. The fraction of sp³-hybridized carbons (Fsp3) is 0.263. The van der Waals surface area contributed by atoms with Crippen LogP contribution in [0.3, 0.4) is 0 Å². The smallest absolute Gasteiger partial charge is 0.321 e. The third-order valence-electron chi connectivity index (χ3n) is 3.60. The molecule has 132 valence electrons. The normalized spacial score (nSPS) is 11.4. The van der Waals surface area contributed by atoms with Crippen molar-refractivity contribution in [3.8, 4) is 5.75 Å². The van der Waals surface area contributed by atoms with Gasteiger partial charge < -0.3 is 10.1 Å². The second-order valence-electron chi connectivity index (χ2n) is 5.53. The maximum Gasteiger partial charge on any atom is 0.321 e. The summed E-state index contributed by atoms with van der Waals surface area (Å²) < 4.78 is 5.66. The van der Waals surface area contributed by atoms with Crippen LogP contribution in [0.5, 0.6) is 5.75 Å². The van der Waals surface area contributed by atoms with Gasteiger partial charge in [0.2, 0.25) is 5.91 Å². The molecule has 2 aromatic rings. The minimum absolute atomic E-state index is 0.402. The molecule has 1 atom stereocenters. The Labute approximate surface area is 147 Å². The maximum atomic E-state index is 12.3. The largest absolute Gasteiger partial charge is 0.492 e. The quantitative estimate of drug-likeness (QED) is 0.674. The van der Waals surface area contributed by atoms with Crippen LogP contribution in [-0.4, -0.2) is 32.1 Å². The molecular formula is C19H23N3O3. The van der Waals surface area contributed by atoms with E-state index in [1.165, 1.54) is 12.6 Å². The zero-order valence-corrected chi connectivity index (χ0v) is 14.4. The third-order valence-corrected chi connectivity index (χ3v) is 3.60. The predicted octanol–water partition coefficient (Wildman–Crippen LogP) is 2.16. The average Bonchev–Trinajstić information content (AvgIpc) is 2.63. The van der Waals surface area contributed by atoms with E-state index in [0.717, 1.165) is 11.3 Å². The lowest BCUT2D eigenvalue weighted by Crippen LogP contribution is -2.44. The van der Waals surface area contributed by atoms with Crippen molar-refractivity contribution in [2.45, 2.75) is 13.0 Å². The minimum atomic E-state index is -0.639. The molecule has 6 nitrogen and oxygen atoms in total. The Balaban J connectivity index is 1.92. The van der Waals surface area contributed by atoms with Crippen LogP contribution < -0.4 is 20.7 Å². The molecule has 2 aromatic carbocycles. The molecule has 0 saturated carbocycles. The van der Waals surface area contributed by atoms with Crippen molar-refractivity contribution in [1.29, 1.82) is 0 Å². The Morgan fingerprint density at radius 3 is 2.36 bits per heavy atom. The van der Waals surface area contributed by atoms with Gasteiger partial charge in [-0.3, -0.25) is 15.4 Å². The number of carbonyl (C=O) groups is 2. The zero-order chi connectivity index (χ0) is 18.1. The number of urea groups is 1. The minimum Gasteiger partial charge on any atom is -0.492 e. The van der Waals surface area contributed by atoms with Crippen LogP contribution in [0.2, 0.25) is 0 Å². The van der Waals surface area contributed by atoms with Crippen LogP contribution >= 0.6 is 0 Å². The molecule has 0 saturated heterocycles. The molecule has 3 amide bonds. The number of ether oxygens (including phenoxy) is 1. The van der Waals surface area contributed by atoms with Crippen LogP contribution in [0.4, 0.5) is 4.79 Å². The average molecular weight is 341 g/mol. The first-order chi connectivity index (χ1) is 12.1.